The van der Waals surface area contributed by atoms with Gasteiger partial charge in [0.15, 0.2) is 0 Å². The Kier molecular flexibility index (Phi) is 7.23. The lowest BCUT2D eigenvalue weighted by Crippen LogP contribution is -2.26. The number of nitro groups is 2. The number of hydrogen-bond donors (Lipinski definition) is 2. The van der Waals surface area contributed by atoms with Gasteiger partial charge in [-0.1, -0.05) is 0 Å². The fourth-order valence-electron chi connectivity index (χ4n) is 1.95. The molecule has 0 spiro atoms. The molecule has 0 heterocycles. The van der Waals surface area contributed by atoms with E-state index >= 15 is 0 Å². The van der Waals surface area contributed by atoms with Crippen LogP contribution in [0.4, 0.5) is 17.1 Å². The van der Waals surface area contributed by atoms with Gasteiger partial charge in [0.2, 0.25) is 5.91 Å². The molecule has 0 aromatic heterocycles. The van der Waals surface area contributed by atoms with E-state index in [1.54, 1.807) is 0 Å². The van der Waals surface area contributed by atoms with Crippen LogP contribution in [-0.4, -0.2) is 49.0 Å². The molecule has 1 atom stereocenters. The summed E-state index contributed by atoms with van der Waals surface area (Å²) in [6.07, 6.45) is 0.520. The zero-order valence-electron chi connectivity index (χ0n) is 13.4. The van der Waals surface area contributed by atoms with Crippen LogP contribution < -0.4 is 11.1 Å². The molecule has 1 aromatic rings. The van der Waals surface area contributed by atoms with Crippen molar-refractivity contribution in [3.63, 3.8) is 0 Å². The predicted molar refractivity (Wildman–Crippen MR) is 91.6 cm³/mol. The van der Waals surface area contributed by atoms with Gasteiger partial charge in [0.05, 0.1) is 28.8 Å². The van der Waals surface area contributed by atoms with E-state index in [-0.39, 0.29) is 30.8 Å². The van der Waals surface area contributed by atoms with Gasteiger partial charge >= 0.3 is 0 Å². The van der Waals surface area contributed by atoms with Crippen molar-refractivity contribution in [2.45, 2.75) is 11.8 Å². The van der Waals surface area contributed by atoms with Crippen molar-refractivity contribution < 1.29 is 27.2 Å². The lowest BCUT2D eigenvalue weighted by atomic mass is 10.0. The minimum Gasteiger partial charge on any atom is -0.377 e. The van der Waals surface area contributed by atoms with Crippen LogP contribution >= 0.6 is 11.6 Å². The van der Waals surface area contributed by atoms with Gasteiger partial charge in [-0.2, -0.15) is 8.42 Å². The lowest BCUT2D eigenvalue weighted by molar-refractivity contribution is -0.393. The Hall–Kier alpha value is -2.51. The topological polar surface area (TPSA) is 185 Å². The van der Waals surface area contributed by atoms with E-state index in [1.807, 2.05) is 0 Å². The summed E-state index contributed by atoms with van der Waals surface area (Å²) < 4.78 is 26.3. The lowest BCUT2D eigenvalue weighted by Gasteiger charge is -2.14. The fourth-order valence-corrected chi connectivity index (χ4v) is 2.50. The number of primary amides is 1. The van der Waals surface area contributed by atoms with Crippen LogP contribution in [0.25, 0.3) is 0 Å². The molecule has 0 bridgehead atoms. The van der Waals surface area contributed by atoms with Crippen molar-refractivity contribution in [2.24, 2.45) is 5.73 Å². The highest BCUT2D eigenvalue weighted by Crippen LogP contribution is 2.34. The molecule has 0 saturated heterocycles. The van der Waals surface area contributed by atoms with Crippen molar-refractivity contribution in [1.82, 2.24) is 0 Å². The quantitative estimate of drug-likeness (QED) is 0.182. The summed E-state index contributed by atoms with van der Waals surface area (Å²) in [6, 6.07) is 1.75. The van der Waals surface area contributed by atoms with Gasteiger partial charge in [0, 0.05) is 19.0 Å². The highest BCUT2D eigenvalue weighted by Gasteiger charge is 2.26. The first-order valence-corrected chi connectivity index (χ1v) is 9.15. The van der Waals surface area contributed by atoms with Gasteiger partial charge in [-0.3, -0.25) is 29.2 Å². The molecule has 0 aliphatic carbocycles. The Labute approximate surface area is 152 Å². The number of nitrogens with one attached hydrogen (secondary N) is 1. The van der Waals surface area contributed by atoms with Crippen LogP contribution in [0, 0.1) is 20.2 Å². The summed E-state index contributed by atoms with van der Waals surface area (Å²) in [5, 5.41) is 23.6. The van der Waals surface area contributed by atoms with Gasteiger partial charge < -0.3 is 11.1 Å². The average Bonchev–Trinajstić information content (AvgIpc) is 2.50. The standard InChI is InChI=1S/C12H15ClN4O8S/c1-26(23,24)25-3-2-15-11-7(5-9(13)12(14)18)4-8(16(19)20)6-10(11)17(21)22/h4,6,9,15H,2-3,5H2,1H3,(H2,14,18). The minimum atomic E-state index is -3.71. The Morgan fingerprint density at radius 1 is 1.35 bits per heavy atom. The zero-order chi connectivity index (χ0) is 20.1. The Bertz CT molecular complexity index is 829. The maximum atomic E-state index is 11.3. The molecule has 1 unspecified atom stereocenters. The molecule has 12 nitrogen and oxygen atoms in total. The van der Waals surface area contributed by atoms with Crippen molar-refractivity contribution >= 4 is 44.7 Å². The first-order chi connectivity index (χ1) is 11.9. The number of rotatable bonds is 10. The summed E-state index contributed by atoms with van der Waals surface area (Å²) >= 11 is 5.76. The molecule has 144 valence electrons. The van der Waals surface area contributed by atoms with E-state index in [4.69, 9.17) is 17.3 Å². The largest absolute Gasteiger partial charge is 0.377 e. The predicted octanol–water partition coefficient (Wildman–Crippen LogP) is 0.526. The molecule has 0 fully saturated rings. The van der Waals surface area contributed by atoms with E-state index in [2.05, 4.69) is 9.50 Å². The first-order valence-electron chi connectivity index (χ1n) is 6.89. The first kappa shape index (κ1) is 21.5. The van der Waals surface area contributed by atoms with Crippen molar-refractivity contribution in [3.8, 4) is 0 Å². The third kappa shape index (κ3) is 6.42. The van der Waals surface area contributed by atoms with E-state index in [1.165, 1.54) is 0 Å². The SMILES string of the molecule is CS(=O)(=O)OCCNc1c(CC(Cl)C(N)=O)cc([N+](=O)[O-])cc1[N+](=O)[O-]. The monoisotopic (exact) mass is 410 g/mol. The van der Waals surface area contributed by atoms with Crippen LogP contribution in [0.1, 0.15) is 5.56 Å². The summed E-state index contributed by atoms with van der Waals surface area (Å²) in [5.41, 5.74) is 3.70. The number of alkyl halides is 1. The number of carbonyl (C=O) groups excluding carboxylic acids is 1. The molecule has 1 aromatic carbocycles. The molecule has 1 rings (SSSR count). The number of nitro benzene ring substituents is 2. The number of nitrogens with zero attached hydrogens (tertiary/aromatic N) is 2. The van der Waals surface area contributed by atoms with Crippen LogP contribution in [0.15, 0.2) is 12.1 Å². The molecule has 0 saturated carbocycles. The molecular weight excluding hydrogens is 396 g/mol. The van der Waals surface area contributed by atoms with Crippen LogP contribution in [0.5, 0.6) is 0 Å². The highest BCUT2D eigenvalue weighted by atomic mass is 35.5. The van der Waals surface area contributed by atoms with Crippen molar-refractivity contribution in [2.75, 3.05) is 24.7 Å². The van der Waals surface area contributed by atoms with Crippen LogP contribution in [-0.2, 0) is 25.5 Å². The second-order valence-corrected chi connectivity index (χ2v) is 7.21. The normalized spacial score (nSPS) is 12.4. The molecular formula is C12H15ClN4O8S. The van der Waals surface area contributed by atoms with E-state index in [0.29, 0.717) is 0 Å². The number of nitrogens with two attached hydrogens (primary N) is 1. The third-order valence-electron chi connectivity index (χ3n) is 3.00. The maximum Gasteiger partial charge on any atom is 0.299 e. The number of benzene rings is 1. The smallest absolute Gasteiger partial charge is 0.299 e. The number of carbonyl (C=O) groups is 1. The number of hydrogen-bond acceptors (Lipinski definition) is 9. The van der Waals surface area contributed by atoms with Crippen LogP contribution in [0.3, 0.4) is 0 Å². The molecule has 0 radical (unpaired) electrons. The van der Waals surface area contributed by atoms with E-state index < -0.39 is 42.6 Å². The van der Waals surface area contributed by atoms with Crippen molar-refractivity contribution in [3.05, 3.63) is 37.9 Å². The molecule has 3 N–H and O–H groups in total. The summed E-state index contributed by atoms with van der Waals surface area (Å²) in [4.78, 5) is 31.7. The van der Waals surface area contributed by atoms with Crippen molar-refractivity contribution in [1.29, 1.82) is 0 Å². The Morgan fingerprint density at radius 3 is 2.42 bits per heavy atom. The second kappa shape index (κ2) is 8.73. The van der Waals surface area contributed by atoms with Gasteiger partial charge in [0.1, 0.15) is 11.1 Å². The average molecular weight is 411 g/mol. The summed E-state index contributed by atoms with van der Waals surface area (Å²) in [7, 11) is -3.71. The summed E-state index contributed by atoms with van der Waals surface area (Å²) in [5.74, 6) is -0.910. The molecule has 14 heteroatoms. The molecule has 0 aliphatic rings. The molecule has 1 amide bonds. The number of halogens is 1. The molecule has 0 aliphatic heterocycles. The van der Waals surface area contributed by atoms with Crippen LogP contribution in [0.2, 0.25) is 0 Å². The number of non-ortho nitro benzene ring substituents is 1. The van der Waals surface area contributed by atoms with Gasteiger partial charge in [-0.25, -0.2) is 0 Å². The summed E-state index contributed by atoms with van der Waals surface area (Å²) in [6.45, 7) is -0.505. The van der Waals surface area contributed by atoms with Gasteiger partial charge in [-0.15, -0.1) is 11.6 Å². The molecule has 26 heavy (non-hydrogen) atoms. The fraction of sp³-hybridized carbons (Fsp3) is 0.417. The van der Waals surface area contributed by atoms with Gasteiger partial charge in [-0.05, 0) is 5.56 Å². The highest BCUT2D eigenvalue weighted by molar-refractivity contribution is 7.85. The van der Waals surface area contributed by atoms with E-state index in [0.717, 1.165) is 18.4 Å². The number of anilines is 1. The zero-order valence-corrected chi connectivity index (χ0v) is 14.9. The van der Waals surface area contributed by atoms with Gasteiger partial charge in [0.25, 0.3) is 21.5 Å². The van der Waals surface area contributed by atoms with E-state index in [9.17, 15) is 33.4 Å². The third-order valence-corrected chi connectivity index (χ3v) is 3.96. The second-order valence-electron chi connectivity index (χ2n) is 5.04. The maximum absolute atomic E-state index is 11.3. The Balaban J connectivity index is 3.25. The minimum absolute atomic E-state index is 0.00376. The number of amides is 1. The Morgan fingerprint density at radius 2 is 1.96 bits per heavy atom.